The Morgan fingerprint density at radius 3 is 2.58 bits per heavy atom. The molecule has 0 spiro atoms. The Hall–Kier alpha value is -0.310. The Bertz CT molecular complexity index is 142. The van der Waals surface area contributed by atoms with Crippen LogP contribution in [0.5, 0.6) is 0 Å². The number of hydrogen-bond acceptors (Lipinski definition) is 4. The Morgan fingerprint density at radius 2 is 2.08 bits per heavy atom. The average Bonchev–Trinajstić information content (AvgIpc) is 2.11. The van der Waals surface area contributed by atoms with Gasteiger partial charge in [-0.1, -0.05) is 13.8 Å². The Balaban J connectivity index is 3.22. The van der Waals surface area contributed by atoms with Gasteiger partial charge in [0.25, 0.3) is 0 Å². The van der Waals surface area contributed by atoms with Crippen molar-refractivity contribution in [2.24, 2.45) is 4.40 Å². The van der Waals surface area contributed by atoms with Crippen LogP contribution in [-0.4, -0.2) is 36.4 Å². The molecule has 0 aromatic carbocycles. The summed E-state index contributed by atoms with van der Waals surface area (Å²) in [5.41, 5.74) is 0. The molecule has 4 heteroatoms. The maximum atomic E-state index is 9.69. The lowest BCUT2D eigenvalue weighted by atomic mass is 10.4. The fourth-order valence-electron chi connectivity index (χ4n) is 0.965. The molecule has 70 valence electrons. The fraction of sp³-hybridized carbons (Fsp3) is 0.875. The minimum absolute atomic E-state index is 0.908. The molecule has 0 saturated heterocycles. The van der Waals surface area contributed by atoms with Gasteiger partial charge in [0.1, 0.15) is 0 Å². The summed E-state index contributed by atoms with van der Waals surface area (Å²) in [5, 5.41) is 0. The van der Waals surface area contributed by atoms with Crippen LogP contribution in [0.25, 0.3) is 0 Å². The van der Waals surface area contributed by atoms with Crippen molar-refractivity contribution in [3.8, 4) is 0 Å². The summed E-state index contributed by atoms with van der Waals surface area (Å²) in [6.07, 6.45) is 2.59. The predicted octanol–water partition coefficient (Wildman–Crippen LogP) is 1.70. The quantitative estimate of drug-likeness (QED) is 0.264. The molecule has 0 aliphatic rings. The summed E-state index contributed by atoms with van der Waals surface area (Å²) in [6, 6.07) is 0. The smallest absolute Gasteiger partial charge is 0.247 e. The molecule has 0 aromatic rings. The van der Waals surface area contributed by atoms with Gasteiger partial charge in [-0.05, 0) is 38.0 Å². The van der Waals surface area contributed by atoms with E-state index in [4.69, 9.17) is 0 Å². The van der Waals surface area contributed by atoms with E-state index < -0.39 is 0 Å². The number of nitrogens with zero attached hydrogens (tertiary/aromatic N) is 2. The van der Waals surface area contributed by atoms with Crippen LogP contribution >= 0.6 is 11.9 Å². The molecule has 0 aliphatic carbocycles. The normalized spacial score (nSPS) is 9.92. The molecule has 0 aromatic heterocycles. The maximum Gasteiger partial charge on any atom is 0.247 e. The standard InChI is InChI=1S/C8H16N2OS/c1-3-10(4-2)6-5-7-12-9-8-11/h3-7H2,1-2H3. The summed E-state index contributed by atoms with van der Waals surface area (Å²) < 4.78 is 3.41. The SMILES string of the molecule is CCN(CC)CCCSN=C=O. The van der Waals surface area contributed by atoms with E-state index in [2.05, 4.69) is 23.1 Å². The Morgan fingerprint density at radius 1 is 1.42 bits per heavy atom. The van der Waals surface area contributed by atoms with E-state index in [0.717, 1.165) is 31.8 Å². The van der Waals surface area contributed by atoms with E-state index in [-0.39, 0.29) is 0 Å². The number of carbonyl (C=O) groups excluding carboxylic acids is 1. The molecule has 0 atom stereocenters. The molecule has 0 unspecified atom stereocenters. The molecule has 0 fully saturated rings. The lowest BCUT2D eigenvalue weighted by Gasteiger charge is -2.16. The van der Waals surface area contributed by atoms with Crippen LogP contribution in [0.3, 0.4) is 0 Å². The highest BCUT2D eigenvalue weighted by Crippen LogP contribution is 2.02. The van der Waals surface area contributed by atoms with Crippen molar-refractivity contribution in [2.45, 2.75) is 20.3 Å². The van der Waals surface area contributed by atoms with Gasteiger partial charge in [-0.15, -0.1) is 4.40 Å². The first kappa shape index (κ1) is 11.7. The Labute approximate surface area is 78.4 Å². The van der Waals surface area contributed by atoms with Crippen molar-refractivity contribution < 1.29 is 4.79 Å². The molecule has 0 aliphatic heterocycles. The van der Waals surface area contributed by atoms with E-state index in [0.29, 0.717) is 0 Å². The van der Waals surface area contributed by atoms with Crippen molar-refractivity contribution in [1.82, 2.24) is 4.90 Å². The zero-order valence-corrected chi connectivity index (χ0v) is 8.56. The molecule has 0 heterocycles. The first-order valence-corrected chi connectivity index (χ1v) is 5.20. The third-order valence-corrected chi connectivity index (χ3v) is 2.38. The average molecular weight is 188 g/mol. The zero-order valence-electron chi connectivity index (χ0n) is 7.75. The van der Waals surface area contributed by atoms with Crippen LogP contribution in [0, 0.1) is 0 Å². The zero-order chi connectivity index (χ0) is 9.23. The van der Waals surface area contributed by atoms with Gasteiger partial charge in [-0.3, -0.25) is 0 Å². The van der Waals surface area contributed by atoms with Gasteiger partial charge in [0.2, 0.25) is 6.08 Å². The van der Waals surface area contributed by atoms with Crippen LogP contribution < -0.4 is 0 Å². The van der Waals surface area contributed by atoms with Crippen molar-refractivity contribution in [3.05, 3.63) is 0 Å². The van der Waals surface area contributed by atoms with Gasteiger partial charge < -0.3 is 4.90 Å². The van der Waals surface area contributed by atoms with Crippen LogP contribution in [0.4, 0.5) is 0 Å². The largest absolute Gasteiger partial charge is 0.304 e. The number of rotatable bonds is 7. The van der Waals surface area contributed by atoms with E-state index in [9.17, 15) is 4.79 Å². The molecule has 0 saturated carbocycles. The van der Waals surface area contributed by atoms with Gasteiger partial charge >= 0.3 is 0 Å². The summed E-state index contributed by atoms with van der Waals surface area (Å²) in [6.45, 7) is 7.59. The molecular formula is C8H16N2OS. The minimum atomic E-state index is 0.908. The predicted molar refractivity (Wildman–Crippen MR) is 53.0 cm³/mol. The van der Waals surface area contributed by atoms with E-state index in [1.54, 1.807) is 0 Å². The highest BCUT2D eigenvalue weighted by Gasteiger charge is 1.97. The molecule has 12 heavy (non-hydrogen) atoms. The first-order chi connectivity index (χ1) is 5.85. The summed E-state index contributed by atoms with van der Waals surface area (Å²) in [4.78, 5) is 12.0. The van der Waals surface area contributed by atoms with Gasteiger partial charge in [0.05, 0.1) is 0 Å². The van der Waals surface area contributed by atoms with Gasteiger partial charge in [0, 0.05) is 5.75 Å². The maximum absolute atomic E-state index is 9.69. The Kier molecular flexibility index (Phi) is 8.56. The molecule has 0 amide bonds. The van der Waals surface area contributed by atoms with Gasteiger partial charge in [-0.2, -0.15) is 0 Å². The highest BCUT2D eigenvalue weighted by atomic mass is 32.2. The lowest BCUT2D eigenvalue weighted by molar-refractivity contribution is 0.305. The first-order valence-electron chi connectivity index (χ1n) is 4.26. The van der Waals surface area contributed by atoms with Crippen LogP contribution in [0.15, 0.2) is 4.40 Å². The third-order valence-electron chi connectivity index (χ3n) is 1.71. The number of hydrogen-bond donors (Lipinski definition) is 0. The van der Waals surface area contributed by atoms with Crippen molar-refractivity contribution in [3.63, 3.8) is 0 Å². The minimum Gasteiger partial charge on any atom is -0.304 e. The molecule has 0 bridgehead atoms. The second kappa shape index (κ2) is 8.78. The summed E-state index contributed by atoms with van der Waals surface area (Å²) in [7, 11) is 0. The topological polar surface area (TPSA) is 32.7 Å². The van der Waals surface area contributed by atoms with Crippen molar-refractivity contribution >= 4 is 18.0 Å². The van der Waals surface area contributed by atoms with E-state index in [1.807, 2.05) is 0 Å². The summed E-state index contributed by atoms with van der Waals surface area (Å²) >= 11 is 1.29. The molecule has 3 nitrogen and oxygen atoms in total. The molecule has 0 rings (SSSR count). The monoisotopic (exact) mass is 188 g/mol. The van der Waals surface area contributed by atoms with Crippen LogP contribution in [-0.2, 0) is 4.79 Å². The highest BCUT2D eigenvalue weighted by molar-refractivity contribution is 7.98. The van der Waals surface area contributed by atoms with Gasteiger partial charge in [-0.25, -0.2) is 4.79 Å². The van der Waals surface area contributed by atoms with E-state index >= 15 is 0 Å². The lowest BCUT2D eigenvalue weighted by Crippen LogP contribution is -2.24. The van der Waals surface area contributed by atoms with Crippen molar-refractivity contribution in [2.75, 3.05) is 25.4 Å². The second-order valence-corrected chi connectivity index (χ2v) is 3.25. The van der Waals surface area contributed by atoms with Crippen LogP contribution in [0.2, 0.25) is 0 Å². The molecule has 0 radical (unpaired) electrons. The summed E-state index contributed by atoms with van der Waals surface area (Å²) in [5.74, 6) is 0.908. The molecule has 0 N–H and O–H groups in total. The molecular weight excluding hydrogens is 172 g/mol. The van der Waals surface area contributed by atoms with E-state index in [1.165, 1.54) is 18.0 Å². The third kappa shape index (κ3) is 6.40. The number of isocyanates is 1. The fourth-order valence-corrected chi connectivity index (χ4v) is 1.37. The van der Waals surface area contributed by atoms with Crippen molar-refractivity contribution in [1.29, 1.82) is 0 Å². The van der Waals surface area contributed by atoms with Gasteiger partial charge in [0.15, 0.2) is 0 Å². The van der Waals surface area contributed by atoms with Crippen LogP contribution in [0.1, 0.15) is 20.3 Å². The second-order valence-electron chi connectivity index (χ2n) is 2.40.